The molecule has 0 bridgehead atoms. The minimum absolute atomic E-state index is 0.0757. The first-order valence-corrected chi connectivity index (χ1v) is 8.64. The van der Waals surface area contributed by atoms with E-state index in [0.717, 1.165) is 19.3 Å². The minimum Gasteiger partial charge on any atom is -0.386 e. The number of sulfonamides is 1. The van der Waals surface area contributed by atoms with Crippen LogP contribution in [-0.4, -0.2) is 27.0 Å². The minimum atomic E-state index is -3.56. The highest BCUT2D eigenvalue weighted by Crippen LogP contribution is 2.40. The van der Waals surface area contributed by atoms with Crippen molar-refractivity contribution in [1.82, 2.24) is 9.71 Å². The molecule has 1 saturated carbocycles. The van der Waals surface area contributed by atoms with Gasteiger partial charge in [-0.3, -0.25) is 0 Å². The second-order valence-electron chi connectivity index (χ2n) is 5.49. The maximum atomic E-state index is 12.4. The van der Waals surface area contributed by atoms with E-state index in [0.29, 0.717) is 12.2 Å². The molecular formula is C14H23N3O2S. The second-order valence-corrected chi connectivity index (χ2v) is 7.17. The molecule has 112 valence electrons. The fourth-order valence-electron chi connectivity index (χ4n) is 2.89. The van der Waals surface area contributed by atoms with Crippen molar-refractivity contribution >= 4 is 15.7 Å². The average molecular weight is 297 g/mol. The van der Waals surface area contributed by atoms with Crippen molar-refractivity contribution in [1.29, 1.82) is 0 Å². The lowest BCUT2D eigenvalue weighted by Crippen LogP contribution is -2.36. The van der Waals surface area contributed by atoms with E-state index in [1.54, 1.807) is 19.2 Å². The maximum Gasteiger partial charge on any atom is 0.260 e. The van der Waals surface area contributed by atoms with E-state index in [2.05, 4.69) is 21.9 Å². The van der Waals surface area contributed by atoms with E-state index in [1.807, 2.05) is 0 Å². The topological polar surface area (TPSA) is 71.1 Å². The first-order valence-electron chi connectivity index (χ1n) is 7.15. The van der Waals surface area contributed by atoms with Crippen LogP contribution in [-0.2, 0) is 10.0 Å². The van der Waals surface area contributed by atoms with Crippen molar-refractivity contribution in [2.45, 2.75) is 44.1 Å². The Balaban J connectivity index is 2.15. The lowest BCUT2D eigenvalue weighted by atomic mass is 9.84. The molecule has 1 aromatic rings. The molecule has 0 saturated heterocycles. The van der Waals surface area contributed by atoms with Crippen LogP contribution in [0.25, 0.3) is 0 Å². The number of nitrogens with zero attached hydrogens (tertiary/aromatic N) is 1. The van der Waals surface area contributed by atoms with Gasteiger partial charge in [-0.05, 0) is 36.8 Å². The summed E-state index contributed by atoms with van der Waals surface area (Å²) >= 11 is 0. The fourth-order valence-corrected chi connectivity index (χ4v) is 4.18. The smallest absolute Gasteiger partial charge is 0.260 e. The summed E-state index contributed by atoms with van der Waals surface area (Å²) in [6.45, 7) is 2.64. The van der Waals surface area contributed by atoms with Gasteiger partial charge in [-0.2, -0.15) is 0 Å². The van der Waals surface area contributed by atoms with Crippen LogP contribution in [0.1, 0.15) is 39.0 Å². The zero-order valence-corrected chi connectivity index (χ0v) is 13.0. The third-order valence-electron chi connectivity index (χ3n) is 4.35. The van der Waals surface area contributed by atoms with Crippen molar-refractivity contribution in [3.8, 4) is 0 Å². The van der Waals surface area contributed by atoms with Crippen LogP contribution >= 0.6 is 0 Å². The summed E-state index contributed by atoms with van der Waals surface area (Å²) in [5, 5.41) is 2.95. The van der Waals surface area contributed by atoms with Crippen molar-refractivity contribution < 1.29 is 8.42 Å². The molecule has 1 aliphatic rings. The Kier molecular flexibility index (Phi) is 4.65. The molecule has 0 aliphatic heterocycles. The quantitative estimate of drug-likeness (QED) is 0.845. The molecule has 0 spiro atoms. The summed E-state index contributed by atoms with van der Waals surface area (Å²) < 4.78 is 27.6. The van der Waals surface area contributed by atoms with Gasteiger partial charge in [0.1, 0.15) is 0 Å². The molecule has 0 amide bonds. The fraction of sp³-hybridized carbons (Fsp3) is 0.643. The van der Waals surface area contributed by atoms with Gasteiger partial charge in [-0.25, -0.2) is 18.1 Å². The number of nitrogens with one attached hydrogen (secondary N) is 2. The van der Waals surface area contributed by atoms with E-state index in [9.17, 15) is 8.42 Å². The van der Waals surface area contributed by atoms with Crippen molar-refractivity contribution in [2.75, 3.05) is 18.9 Å². The number of hydrogen-bond acceptors (Lipinski definition) is 4. The molecule has 2 rings (SSSR count). The highest BCUT2D eigenvalue weighted by Gasteiger charge is 2.33. The Morgan fingerprint density at radius 2 is 2.05 bits per heavy atom. The maximum absolute atomic E-state index is 12.4. The molecule has 1 aliphatic carbocycles. The Labute approximate surface area is 121 Å². The van der Waals surface area contributed by atoms with E-state index in [4.69, 9.17) is 0 Å². The molecule has 20 heavy (non-hydrogen) atoms. The van der Waals surface area contributed by atoms with Crippen LogP contribution < -0.4 is 10.0 Å². The van der Waals surface area contributed by atoms with Crippen molar-refractivity contribution in [3.05, 3.63) is 18.3 Å². The van der Waals surface area contributed by atoms with E-state index < -0.39 is 10.0 Å². The molecule has 0 aromatic carbocycles. The molecule has 5 nitrogen and oxygen atoms in total. The van der Waals surface area contributed by atoms with E-state index in [1.165, 1.54) is 19.0 Å². The molecule has 1 aromatic heterocycles. The van der Waals surface area contributed by atoms with Gasteiger partial charge in [0.05, 0.1) is 5.69 Å². The summed E-state index contributed by atoms with van der Waals surface area (Å²) in [6, 6.07) is 3.43. The van der Waals surface area contributed by atoms with Gasteiger partial charge in [-0.1, -0.05) is 19.8 Å². The molecule has 0 unspecified atom stereocenters. The van der Waals surface area contributed by atoms with Crippen LogP contribution in [0, 0.1) is 5.41 Å². The van der Waals surface area contributed by atoms with Crippen LogP contribution in [0.15, 0.2) is 23.4 Å². The zero-order chi connectivity index (χ0) is 14.6. The van der Waals surface area contributed by atoms with Crippen molar-refractivity contribution in [3.63, 3.8) is 0 Å². The van der Waals surface area contributed by atoms with Crippen molar-refractivity contribution in [2.24, 2.45) is 5.41 Å². The SMILES string of the molecule is CCC1(CNS(=O)(=O)c2ncccc2NC)CCCC1. The van der Waals surface area contributed by atoms with E-state index in [-0.39, 0.29) is 10.4 Å². The molecule has 1 heterocycles. The molecule has 6 heteroatoms. The predicted molar refractivity (Wildman–Crippen MR) is 80.2 cm³/mol. The van der Waals surface area contributed by atoms with Crippen LogP contribution in [0.5, 0.6) is 0 Å². The largest absolute Gasteiger partial charge is 0.386 e. The number of aromatic nitrogens is 1. The molecular weight excluding hydrogens is 274 g/mol. The second kappa shape index (κ2) is 6.10. The lowest BCUT2D eigenvalue weighted by Gasteiger charge is -2.27. The Morgan fingerprint density at radius 3 is 2.65 bits per heavy atom. The van der Waals surface area contributed by atoms with Gasteiger partial charge < -0.3 is 5.32 Å². The zero-order valence-electron chi connectivity index (χ0n) is 12.1. The molecule has 0 atom stereocenters. The van der Waals surface area contributed by atoms with Crippen LogP contribution in [0.3, 0.4) is 0 Å². The number of anilines is 1. The highest BCUT2D eigenvalue weighted by molar-refractivity contribution is 7.89. The summed E-state index contributed by atoms with van der Waals surface area (Å²) in [5.41, 5.74) is 0.652. The van der Waals surface area contributed by atoms with Gasteiger partial charge in [-0.15, -0.1) is 0 Å². The summed E-state index contributed by atoms with van der Waals surface area (Å²) in [4.78, 5) is 4.00. The summed E-state index contributed by atoms with van der Waals surface area (Å²) in [7, 11) is -1.87. The standard InChI is InChI=1S/C14H23N3O2S/c1-3-14(8-4-5-9-14)11-17-20(18,19)13-12(15-2)7-6-10-16-13/h6-7,10,15,17H,3-5,8-9,11H2,1-2H3. The third-order valence-corrected chi connectivity index (χ3v) is 5.71. The summed E-state index contributed by atoms with van der Waals surface area (Å²) in [5.74, 6) is 0. The molecule has 0 radical (unpaired) electrons. The highest BCUT2D eigenvalue weighted by atomic mass is 32.2. The van der Waals surface area contributed by atoms with Gasteiger partial charge in [0, 0.05) is 19.8 Å². The number of rotatable bonds is 6. The van der Waals surface area contributed by atoms with Gasteiger partial charge in [0.15, 0.2) is 5.03 Å². The average Bonchev–Trinajstić information content (AvgIpc) is 2.95. The number of pyridine rings is 1. The van der Waals surface area contributed by atoms with Gasteiger partial charge >= 0.3 is 0 Å². The van der Waals surface area contributed by atoms with Crippen LogP contribution in [0.4, 0.5) is 5.69 Å². The number of hydrogen-bond donors (Lipinski definition) is 2. The monoisotopic (exact) mass is 297 g/mol. The van der Waals surface area contributed by atoms with Gasteiger partial charge in [0.2, 0.25) is 0 Å². The van der Waals surface area contributed by atoms with Gasteiger partial charge in [0.25, 0.3) is 10.0 Å². The summed E-state index contributed by atoms with van der Waals surface area (Å²) in [6.07, 6.45) is 7.11. The Hall–Kier alpha value is -1.14. The molecule has 1 fully saturated rings. The first kappa shape index (κ1) is 15.3. The van der Waals surface area contributed by atoms with Crippen LogP contribution in [0.2, 0.25) is 0 Å². The normalized spacial score (nSPS) is 18.1. The molecule has 2 N–H and O–H groups in total. The Morgan fingerprint density at radius 1 is 1.35 bits per heavy atom. The predicted octanol–water partition coefficient (Wildman–Crippen LogP) is 2.37. The lowest BCUT2D eigenvalue weighted by molar-refractivity contribution is 0.285. The first-order chi connectivity index (χ1) is 9.53. The third kappa shape index (κ3) is 3.12. The van der Waals surface area contributed by atoms with E-state index >= 15 is 0 Å². The Bertz CT molecular complexity index is 551.